The molecule has 1 aliphatic rings. The molecule has 1 saturated carbocycles. The fourth-order valence-electron chi connectivity index (χ4n) is 1.62. The average molecular weight is 234 g/mol. The predicted molar refractivity (Wildman–Crippen MR) is 62.8 cm³/mol. The smallest absolute Gasteiger partial charge is 0.323 e. The third-order valence-corrected chi connectivity index (χ3v) is 2.58. The van der Waals surface area contributed by atoms with E-state index >= 15 is 0 Å². The molecule has 5 nitrogen and oxygen atoms in total. The first-order valence-electron chi connectivity index (χ1n) is 5.51. The Morgan fingerprint density at radius 3 is 2.47 bits per heavy atom. The Morgan fingerprint density at radius 2 is 1.94 bits per heavy atom. The van der Waals surface area contributed by atoms with Crippen molar-refractivity contribution in [2.45, 2.75) is 18.9 Å². The summed E-state index contributed by atoms with van der Waals surface area (Å²) in [6, 6.07) is 8.75. The van der Waals surface area contributed by atoms with Gasteiger partial charge in [0.05, 0.1) is 0 Å². The molecule has 0 saturated heterocycles. The predicted octanol–water partition coefficient (Wildman–Crippen LogP) is 1.77. The maximum Gasteiger partial charge on any atom is 0.323 e. The zero-order chi connectivity index (χ0) is 12.3. The minimum absolute atomic E-state index is 0.0785. The molecule has 2 N–H and O–H groups in total. The number of nitrogens with zero attached hydrogens (tertiary/aromatic N) is 1. The standard InChI is InChI=1S/C12H14N2O3/c15-11(16)8-14(10-6-7-10)12(17)13-9-4-2-1-3-5-9/h1-5,10H,6-8H2,(H,13,17)(H,15,16). The van der Waals surface area contributed by atoms with Gasteiger partial charge >= 0.3 is 12.0 Å². The zero-order valence-electron chi connectivity index (χ0n) is 9.30. The number of para-hydroxylation sites is 1. The molecule has 0 radical (unpaired) electrons. The van der Waals surface area contributed by atoms with Crippen molar-refractivity contribution in [2.75, 3.05) is 11.9 Å². The number of rotatable bonds is 4. The first-order valence-corrected chi connectivity index (χ1v) is 5.51. The van der Waals surface area contributed by atoms with Crippen LogP contribution in [0.1, 0.15) is 12.8 Å². The number of amides is 2. The lowest BCUT2D eigenvalue weighted by Gasteiger charge is -2.20. The second-order valence-corrected chi connectivity index (χ2v) is 4.05. The van der Waals surface area contributed by atoms with Gasteiger partial charge in [-0.15, -0.1) is 0 Å². The normalized spacial score (nSPS) is 14.1. The van der Waals surface area contributed by atoms with E-state index in [9.17, 15) is 9.59 Å². The summed E-state index contributed by atoms with van der Waals surface area (Å²) in [5, 5.41) is 11.4. The van der Waals surface area contributed by atoms with Crippen LogP contribution in [0.4, 0.5) is 10.5 Å². The first kappa shape index (κ1) is 11.4. The third kappa shape index (κ3) is 3.21. The minimum atomic E-state index is -0.986. The summed E-state index contributed by atoms with van der Waals surface area (Å²) in [7, 11) is 0. The molecule has 1 aliphatic carbocycles. The van der Waals surface area contributed by atoms with Crippen LogP contribution in [0.15, 0.2) is 30.3 Å². The topological polar surface area (TPSA) is 69.6 Å². The number of urea groups is 1. The van der Waals surface area contributed by atoms with Crippen molar-refractivity contribution in [3.63, 3.8) is 0 Å². The summed E-state index contributed by atoms with van der Waals surface area (Å²) >= 11 is 0. The second-order valence-electron chi connectivity index (χ2n) is 4.05. The van der Waals surface area contributed by atoms with Gasteiger partial charge in [0.15, 0.2) is 0 Å². The minimum Gasteiger partial charge on any atom is -0.480 e. The van der Waals surface area contributed by atoms with Crippen molar-refractivity contribution in [1.29, 1.82) is 0 Å². The Balaban J connectivity index is 1.99. The van der Waals surface area contributed by atoms with Crippen molar-refractivity contribution in [2.24, 2.45) is 0 Å². The number of benzene rings is 1. The van der Waals surface area contributed by atoms with Gasteiger partial charge in [0, 0.05) is 11.7 Å². The molecular weight excluding hydrogens is 220 g/mol. The van der Waals surface area contributed by atoms with Gasteiger partial charge in [-0.3, -0.25) is 4.79 Å². The van der Waals surface area contributed by atoms with Crippen LogP contribution in [0.3, 0.4) is 0 Å². The Morgan fingerprint density at radius 1 is 1.29 bits per heavy atom. The van der Waals surface area contributed by atoms with Crippen molar-refractivity contribution < 1.29 is 14.7 Å². The molecule has 1 aromatic rings. The van der Waals surface area contributed by atoms with Crippen molar-refractivity contribution in [1.82, 2.24) is 4.90 Å². The molecule has 1 aromatic carbocycles. The quantitative estimate of drug-likeness (QED) is 0.834. The van der Waals surface area contributed by atoms with E-state index in [0.717, 1.165) is 12.8 Å². The highest BCUT2D eigenvalue weighted by atomic mass is 16.4. The molecule has 0 aromatic heterocycles. The number of carbonyl (C=O) groups is 2. The van der Waals surface area contributed by atoms with Crippen LogP contribution < -0.4 is 5.32 Å². The van der Waals surface area contributed by atoms with Crippen LogP contribution in [0.5, 0.6) is 0 Å². The third-order valence-electron chi connectivity index (χ3n) is 2.58. The van der Waals surface area contributed by atoms with Gasteiger partial charge in [0.1, 0.15) is 6.54 Å². The maximum atomic E-state index is 11.9. The summed E-state index contributed by atoms with van der Waals surface area (Å²) in [6.45, 7) is -0.247. The summed E-state index contributed by atoms with van der Waals surface area (Å²) in [5.74, 6) is -0.986. The van der Waals surface area contributed by atoms with E-state index in [1.807, 2.05) is 18.2 Å². The largest absolute Gasteiger partial charge is 0.480 e. The second kappa shape index (κ2) is 4.86. The molecule has 17 heavy (non-hydrogen) atoms. The summed E-state index contributed by atoms with van der Waals surface area (Å²) in [5.41, 5.74) is 0.675. The maximum absolute atomic E-state index is 11.9. The lowest BCUT2D eigenvalue weighted by atomic mass is 10.3. The molecule has 0 atom stereocenters. The Labute approximate surface area is 99.0 Å². The highest BCUT2D eigenvalue weighted by Gasteiger charge is 2.33. The summed E-state index contributed by atoms with van der Waals surface area (Å²) in [6.07, 6.45) is 1.77. The number of anilines is 1. The zero-order valence-corrected chi connectivity index (χ0v) is 9.30. The van der Waals surface area contributed by atoms with Gasteiger partial charge < -0.3 is 15.3 Å². The molecule has 0 heterocycles. The van der Waals surface area contributed by atoms with Crippen LogP contribution in [0, 0.1) is 0 Å². The summed E-state index contributed by atoms with van der Waals surface area (Å²) < 4.78 is 0. The van der Waals surface area contributed by atoms with Gasteiger partial charge in [0.25, 0.3) is 0 Å². The van der Waals surface area contributed by atoms with E-state index in [0.29, 0.717) is 5.69 Å². The van der Waals surface area contributed by atoms with Crippen LogP contribution in [0.25, 0.3) is 0 Å². The van der Waals surface area contributed by atoms with Gasteiger partial charge in [-0.05, 0) is 25.0 Å². The van der Waals surface area contributed by atoms with Crippen LogP contribution >= 0.6 is 0 Å². The molecule has 0 spiro atoms. The molecule has 0 aliphatic heterocycles. The fraction of sp³-hybridized carbons (Fsp3) is 0.333. The molecule has 2 rings (SSSR count). The molecule has 2 amide bonds. The Bertz CT molecular complexity index is 415. The van der Waals surface area contributed by atoms with E-state index in [1.165, 1.54) is 4.90 Å². The Kier molecular flexibility index (Phi) is 3.27. The highest BCUT2D eigenvalue weighted by Crippen LogP contribution is 2.27. The van der Waals surface area contributed by atoms with E-state index < -0.39 is 5.97 Å². The fourth-order valence-corrected chi connectivity index (χ4v) is 1.62. The molecule has 0 bridgehead atoms. The molecule has 90 valence electrons. The number of hydrogen-bond acceptors (Lipinski definition) is 2. The van der Waals surface area contributed by atoms with E-state index in [4.69, 9.17) is 5.11 Å². The van der Waals surface area contributed by atoms with Crippen molar-refractivity contribution in [3.05, 3.63) is 30.3 Å². The summed E-state index contributed by atoms with van der Waals surface area (Å²) in [4.78, 5) is 23.9. The van der Waals surface area contributed by atoms with Crippen LogP contribution in [-0.2, 0) is 4.79 Å². The molecule has 0 unspecified atom stereocenters. The number of carboxylic acids is 1. The van der Waals surface area contributed by atoms with Crippen LogP contribution in [-0.4, -0.2) is 34.6 Å². The lowest BCUT2D eigenvalue weighted by molar-refractivity contribution is -0.137. The van der Waals surface area contributed by atoms with Gasteiger partial charge in [-0.25, -0.2) is 4.79 Å². The van der Waals surface area contributed by atoms with E-state index in [1.54, 1.807) is 12.1 Å². The number of carboxylic acid groups (broad SMARTS) is 1. The average Bonchev–Trinajstić information content (AvgIpc) is 3.10. The van der Waals surface area contributed by atoms with Crippen LogP contribution in [0.2, 0.25) is 0 Å². The number of carbonyl (C=O) groups excluding carboxylic acids is 1. The van der Waals surface area contributed by atoms with E-state index in [2.05, 4.69) is 5.32 Å². The molecular formula is C12H14N2O3. The van der Waals surface area contributed by atoms with E-state index in [-0.39, 0.29) is 18.6 Å². The van der Waals surface area contributed by atoms with Crippen molar-refractivity contribution >= 4 is 17.7 Å². The SMILES string of the molecule is O=C(O)CN(C(=O)Nc1ccccc1)C1CC1. The van der Waals surface area contributed by atoms with Gasteiger partial charge in [0.2, 0.25) is 0 Å². The van der Waals surface area contributed by atoms with Crippen molar-refractivity contribution in [3.8, 4) is 0 Å². The van der Waals surface area contributed by atoms with Gasteiger partial charge in [-0.2, -0.15) is 0 Å². The highest BCUT2D eigenvalue weighted by molar-refractivity contribution is 5.91. The number of aliphatic carboxylic acids is 1. The lowest BCUT2D eigenvalue weighted by Crippen LogP contribution is -2.40. The first-order chi connectivity index (χ1) is 8.16. The number of hydrogen-bond donors (Lipinski definition) is 2. The Hall–Kier alpha value is -2.04. The molecule has 5 heteroatoms. The van der Waals surface area contributed by atoms with Gasteiger partial charge in [-0.1, -0.05) is 18.2 Å². The monoisotopic (exact) mass is 234 g/mol. The molecule has 1 fully saturated rings. The number of nitrogens with one attached hydrogen (secondary N) is 1.